The number of hydrogen-bond acceptors (Lipinski definition) is 7. The Hall–Kier alpha value is -1.08. The standard InChI is InChI=1S/C10H13ClN4O2S/c1-17-6(16)4-10(2-3-10)5-18-9-14-7(11)13-8(12)15-9/h2-5H2,1H3,(H2,12,13,14,15). The maximum Gasteiger partial charge on any atom is 0.306 e. The lowest BCUT2D eigenvalue weighted by Crippen LogP contribution is -2.13. The number of nitrogens with two attached hydrogens (primary N) is 1. The molecule has 0 spiro atoms. The van der Waals surface area contributed by atoms with E-state index in [1.165, 1.54) is 18.9 Å². The molecule has 6 nitrogen and oxygen atoms in total. The Morgan fingerprint density at radius 3 is 2.78 bits per heavy atom. The van der Waals surface area contributed by atoms with E-state index < -0.39 is 0 Å². The van der Waals surface area contributed by atoms with E-state index in [0.717, 1.165) is 18.6 Å². The first-order chi connectivity index (χ1) is 8.53. The van der Waals surface area contributed by atoms with Gasteiger partial charge in [-0.1, -0.05) is 11.8 Å². The summed E-state index contributed by atoms with van der Waals surface area (Å²) in [4.78, 5) is 22.9. The molecule has 1 fully saturated rings. The van der Waals surface area contributed by atoms with E-state index in [4.69, 9.17) is 17.3 Å². The van der Waals surface area contributed by atoms with Gasteiger partial charge in [0.2, 0.25) is 11.2 Å². The van der Waals surface area contributed by atoms with Crippen LogP contribution < -0.4 is 5.73 Å². The minimum Gasteiger partial charge on any atom is -0.469 e. The fourth-order valence-corrected chi connectivity index (χ4v) is 2.91. The monoisotopic (exact) mass is 288 g/mol. The van der Waals surface area contributed by atoms with Crippen LogP contribution in [0.1, 0.15) is 19.3 Å². The predicted octanol–water partition coefficient (Wildman–Crippen LogP) is 1.54. The molecule has 0 aliphatic heterocycles. The number of carbonyl (C=O) groups excluding carboxylic acids is 1. The summed E-state index contributed by atoms with van der Waals surface area (Å²) in [5.74, 6) is 0.679. The third-order valence-corrected chi connectivity index (χ3v) is 4.18. The van der Waals surface area contributed by atoms with Gasteiger partial charge in [0.1, 0.15) is 0 Å². The number of hydrogen-bond donors (Lipinski definition) is 1. The number of rotatable bonds is 5. The van der Waals surface area contributed by atoms with Crippen molar-refractivity contribution in [3.63, 3.8) is 0 Å². The lowest BCUT2D eigenvalue weighted by molar-refractivity contribution is -0.141. The van der Waals surface area contributed by atoms with Crippen LogP contribution in [0.15, 0.2) is 5.16 Å². The molecule has 0 aromatic carbocycles. The molecule has 1 aliphatic rings. The Kier molecular flexibility index (Phi) is 3.91. The lowest BCUT2D eigenvalue weighted by Gasteiger charge is -2.12. The molecule has 2 N–H and O–H groups in total. The van der Waals surface area contributed by atoms with Gasteiger partial charge in [-0.2, -0.15) is 15.0 Å². The molecular weight excluding hydrogens is 276 g/mol. The first-order valence-electron chi connectivity index (χ1n) is 5.40. The molecule has 0 amide bonds. The zero-order chi connectivity index (χ0) is 13.2. The first kappa shape index (κ1) is 13.4. The van der Waals surface area contributed by atoms with Crippen molar-refractivity contribution in [3.8, 4) is 0 Å². The van der Waals surface area contributed by atoms with Crippen LogP contribution >= 0.6 is 23.4 Å². The summed E-state index contributed by atoms with van der Waals surface area (Å²) in [7, 11) is 1.40. The Morgan fingerprint density at radius 2 is 2.22 bits per heavy atom. The number of esters is 1. The summed E-state index contributed by atoms with van der Waals surface area (Å²) in [5.41, 5.74) is 5.50. The van der Waals surface area contributed by atoms with E-state index in [9.17, 15) is 4.79 Å². The Morgan fingerprint density at radius 1 is 1.50 bits per heavy atom. The van der Waals surface area contributed by atoms with E-state index in [1.807, 2.05) is 0 Å². The van der Waals surface area contributed by atoms with Gasteiger partial charge in [-0.3, -0.25) is 4.79 Å². The van der Waals surface area contributed by atoms with Crippen molar-refractivity contribution in [1.82, 2.24) is 15.0 Å². The van der Waals surface area contributed by atoms with Gasteiger partial charge < -0.3 is 10.5 Å². The van der Waals surface area contributed by atoms with Gasteiger partial charge in [0, 0.05) is 5.75 Å². The van der Waals surface area contributed by atoms with Crippen LogP contribution in [0.25, 0.3) is 0 Å². The van der Waals surface area contributed by atoms with E-state index in [-0.39, 0.29) is 22.6 Å². The highest BCUT2D eigenvalue weighted by atomic mass is 35.5. The molecule has 2 rings (SSSR count). The molecule has 1 saturated carbocycles. The number of aromatic nitrogens is 3. The van der Waals surface area contributed by atoms with Crippen molar-refractivity contribution in [3.05, 3.63) is 5.28 Å². The minimum absolute atomic E-state index is 0.0195. The number of carbonyl (C=O) groups is 1. The first-order valence-corrected chi connectivity index (χ1v) is 6.76. The number of anilines is 1. The smallest absolute Gasteiger partial charge is 0.306 e. The second-order valence-corrected chi connectivity index (χ2v) is 5.57. The highest BCUT2D eigenvalue weighted by Gasteiger charge is 2.44. The lowest BCUT2D eigenvalue weighted by atomic mass is 10.1. The van der Waals surface area contributed by atoms with Gasteiger partial charge in [0.25, 0.3) is 0 Å². The van der Waals surface area contributed by atoms with E-state index >= 15 is 0 Å². The molecule has 8 heteroatoms. The number of nitrogen functional groups attached to an aromatic ring is 1. The molecule has 1 aromatic rings. The second-order valence-electron chi connectivity index (χ2n) is 4.29. The molecule has 0 radical (unpaired) electrons. The zero-order valence-corrected chi connectivity index (χ0v) is 11.4. The SMILES string of the molecule is COC(=O)CC1(CSc2nc(N)nc(Cl)n2)CC1. The molecule has 1 aliphatic carbocycles. The number of methoxy groups -OCH3 is 1. The fourth-order valence-electron chi connectivity index (χ4n) is 1.56. The molecule has 1 heterocycles. The molecule has 0 atom stereocenters. The molecule has 0 bridgehead atoms. The molecular formula is C10H13ClN4O2S. The van der Waals surface area contributed by atoms with Gasteiger partial charge in [0.15, 0.2) is 5.16 Å². The largest absolute Gasteiger partial charge is 0.469 e. The average molecular weight is 289 g/mol. The van der Waals surface area contributed by atoms with Crippen molar-refractivity contribution >= 4 is 35.3 Å². The van der Waals surface area contributed by atoms with Gasteiger partial charge in [-0.15, -0.1) is 0 Å². The second kappa shape index (κ2) is 5.27. The number of halogens is 1. The highest BCUT2D eigenvalue weighted by molar-refractivity contribution is 7.99. The van der Waals surface area contributed by atoms with E-state index in [0.29, 0.717) is 11.6 Å². The van der Waals surface area contributed by atoms with Crippen LogP contribution in [0.3, 0.4) is 0 Å². The maximum absolute atomic E-state index is 11.3. The molecule has 1 aromatic heterocycles. The predicted molar refractivity (Wildman–Crippen MR) is 68.3 cm³/mol. The molecule has 0 unspecified atom stereocenters. The van der Waals surface area contributed by atoms with Gasteiger partial charge in [-0.05, 0) is 29.9 Å². The Labute approximate surface area is 114 Å². The van der Waals surface area contributed by atoms with Crippen molar-refractivity contribution in [2.45, 2.75) is 24.4 Å². The molecule has 98 valence electrons. The highest BCUT2D eigenvalue weighted by Crippen LogP contribution is 2.51. The normalized spacial score (nSPS) is 16.3. The van der Waals surface area contributed by atoms with Crippen molar-refractivity contribution in [2.24, 2.45) is 5.41 Å². The quantitative estimate of drug-likeness (QED) is 0.649. The number of nitrogens with zero attached hydrogens (tertiary/aromatic N) is 3. The fraction of sp³-hybridized carbons (Fsp3) is 0.600. The zero-order valence-electron chi connectivity index (χ0n) is 9.85. The van der Waals surface area contributed by atoms with Crippen molar-refractivity contribution in [1.29, 1.82) is 0 Å². The van der Waals surface area contributed by atoms with E-state index in [1.54, 1.807) is 0 Å². The summed E-state index contributed by atoms with van der Waals surface area (Å²) in [6, 6.07) is 0. The summed E-state index contributed by atoms with van der Waals surface area (Å²) in [5, 5.41) is 0.575. The van der Waals surface area contributed by atoms with Crippen LogP contribution in [-0.4, -0.2) is 33.8 Å². The van der Waals surface area contributed by atoms with Crippen LogP contribution in [0.5, 0.6) is 0 Å². The summed E-state index contributed by atoms with van der Waals surface area (Å²) < 4.78 is 4.69. The maximum atomic E-state index is 11.3. The summed E-state index contributed by atoms with van der Waals surface area (Å²) >= 11 is 7.13. The summed E-state index contributed by atoms with van der Waals surface area (Å²) in [6.45, 7) is 0. The Balaban J connectivity index is 1.93. The van der Waals surface area contributed by atoms with Gasteiger partial charge in [0.05, 0.1) is 13.5 Å². The molecule has 18 heavy (non-hydrogen) atoms. The van der Waals surface area contributed by atoms with Crippen molar-refractivity contribution in [2.75, 3.05) is 18.6 Å². The van der Waals surface area contributed by atoms with Crippen LogP contribution in [0.2, 0.25) is 5.28 Å². The average Bonchev–Trinajstić information content (AvgIpc) is 3.05. The van der Waals surface area contributed by atoms with Crippen molar-refractivity contribution < 1.29 is 9.53 Å². The van der Waals surface area contributed by atoms with Crippen LogP contribution in [0, 0.1) is 5.41 Å². The number of ether oxygens (including phenoxy) is 1. The summed E-state index contributed by atoms with van der Waals surface area (Å²) in [6.07, 6.45) is 2.47. The molecule has 0 saturated heterocycles. The van der Waals surface area contributed by atoms with E-state index in [2.05, 4.69) is 19.7 Å². The third kappa shape index (κ3) is 3.46. The Bertz CT molecular complexity index is 447. The topological polar surface area (TPSA) is 91.0 Å². The minimum atomic E-state index is -0.179. The number of thioether (sulfide) groups is 1. The van der Waals surface area contributed by atoms with Crippen LogP contribution in [0.4, 0.5) is 5.95 Å². The van der Waals surface area contributed by atoms with Gasteiger partial charge in [-0.25, -0.2) is 0 Å². The van der Waals surface area contributed by atoms with Gasteiger partial charge >= 0.3 is 5.97 Å². The third-order valence-electron chi connectivity index (χ3n) is 2.82. The van der Waals surface area contributed by atoms with Crippen LogP contribution in [-0.2, 0) is 9.53 Å².